The van der Waals surface area contributed by atoms with Gasteiger partial charge in [-0.05, 0) is 25.2 Å². The fourth-order valence-electron chi connectivity index (χ4n) is 1.54. The fourth-order valence-corrected chi connectivity index (χ4v) is 1.54. The molecule has 0 radical (unpaired) electrons. The Morgan fingerprint density at radius 1 is 1.57 bits per heavy atom. The van der Waals surface area contributed by atoms with Gasteiger partial charge in [-0.3, -0.25) is 4.94 Å². The van der Waals surface area contributed by atoms with Crippen molar-refractivity contribution in [3.8, 4) is 0 Å². The van der Waals surface area contributed by atoms with Gasteiger partial charge in [-0.15, -0.1) is 0 Å². The normalized spacial score (nSPS) is 25.3. The number of carbonyl (C=O) groups is 1. The maximum absolute atomic E-state index is 11.5. The lowest BCUT2D eigenvalue weighted by atomic mass is 10.2. The van der Waals surface area contributed by atoms with E-state index in [1.165, 1.54) is 19.3 Å². The van der Waals surface area contributed by atoms with Crippen LogP contribution in [0.25, 0.3) is 0 Å². The van der Waals surface area contributed by atoms with Crippen LogP contribution in [0.4, 0.5) is 4.53 Å². The van der Waals surface area contributed by atoms with Crippen LogP contribution in [0.15, 0.2) is 12.2 Å². The van der Waals surface area contributed by atoms with Crippen molar-refractivity contribution in [2.24, 2.45) is 11.8 Å². The summed E-state index contributed by atoms with van der Waals surface area (Å²) in [6, 6.07) is 0. The highest BCUT2D eigenvalue weighted by atomic mass is 19.3. The Balaban J connectivity index is 2.06. The Hall–Kier alpha value is -0.860. The highest BCUT2D eigenvalue weighted by Crippen LogP contribution is 2.40. The van der Waals surface area contributed by atoms with Crippen molar-refractivity contribution < 1.29 is 14.3 Å². The van der Waals surface area contributed by atoms with Gasteiger partial charge in [0.15, 0.2) is 0 Å². The van der Waals surface area contributed by atoms with E-state index in [9.17, 15) is 9.32 Å². The molecule has 0 aromatic heterocycles. The van der Waals surface area contributed by atoms with Crippen LogP contribution in [0, 0.1) is 11.8 Å². The second-order valence-electron chi connectivity index (χ2n) is 3.83. The quantitative estimate of drug-likeness (QED) is 0.486. The third kappa shape index (κ3) is 3.48. The number of rotatable bonds is 6. The van der Waals surface area contributed by atoms with E-state index in [-0.39, 0.29) is 11.8 Å². The van der Waals surface area contributed by atoms with Crippen LogP contribution < -0.4 is 0 Å². The van der Waals surface area contributed by atoms with Crippen LogP contribution in [-0.2, 0) is 9.74 Å². The third-order valence-electron chi connectivity index (χ3n) is 2.58. The zero-order valence-electron chi connectivity index (χ0n) is 8.54. The van der Waals surface area contributed by atoms with Gasteiger partial charge in [-0.25, -0.2) is 4.79 Å². The first-order chi connectivity index (χ1) is 6.79. The molecule has 1 aliphatic carbocycles. The molecular weight excluding hydrogens is 183 g/mol. The molecule has 0 bridgehead atoms. The lowest BCUT2D eigenvalue weighted by Gasteiger charge is -1.91. The Morgan fingerprint density at radius 3 is 3.00 bits per heavy atom. The monoisotopic (exact) mass is 200 g/mol. The summed E-state index contributed by atoms with van der Waals surface area (Å²) in [6.07, 6.45) is 9.55. The van der Waals surface area contributed by atoms with Crippen LogP contribution in [0.5, 0.6) is 0 Å². The van der Waals surface area contributed by atoms with E-state index >= 15 is 0 Å². The number of halogens is 1. The average molecular weight is 200 g/mol. The number of hydrogen-bond acceptors (Lipinski definition) is 2. The van der Waals surface area contributed by atoms with Gasteiger partial charge in [0, 0.05) is 4.53 Å². The molecule has 1 saturated carbocycles. The number of carbonyl (C=O) groups excluding carboxylic acids is 1. The van der Waals surface area contributed by atoms with Gasteiger partial charge in [0.05, 0.1) is 5.92 Å². The molecule has 2 unspecified atom stereocenters. The Kier molecular flexibility index (Phi) is 4.63. The van der Waals surface area contributed by atoms with Gasteiger partial charge in [0.2, 0.25) is 0 Å². The summed E-state index contributed by atoms with van der Waals surface area (Å²) in [5.41, 5.74) is 0. The van der Waals surface area contributed by atoms with Crippen molar-refractivity contribution in [1.29, 1.82) is 0 Å². The molecule has 2 nitrogen and oxygen atoms in total. The molecule has 0 amide bonds. The number of hydrogen-bond donors (Lipinski definition) is 0. The number of unbranched alkanes of at least 4 members (excludes halogenated alkanes) is 3. The van der Waals surface area contributed by atoms with Gasteiger partial charge in [-0.2, -0.15) is 0 Å². The lowest BCUT2D eigenvalue weighted by Crippen LogP contribution is -2.00. The van der Waals surface area contributed by atoms with E-state index in [0.29, 0.717) is 0 Å². The molecule has 14 heavy (non-hydrogen) atoms. The third-order valence-corrected chi connectivity index (χ3v) is 2.58. The average Bonchev–Trinajstić information content (AvgIpc) is 2.96. The van der Waals surface area contributed by atoms with Crippen LogP contribution in [0.3, 0.4) is 0 Å². The molecule has 0 saturated heterocycles. The van der Waals surface area contributed by atoms with Crippen molar-refractivity contribution in [3.63, 3.8) is 0 Å². The van der Waals surface area contributed by atoms with Crippen LogP contribution >= 0.6 is 0 Å². The smallest absolute Gasteiger partial charge is 0.255 e. The topological polar surface area (TPSA) is 26.3 Å². The highest BCUT2D eigenvalue weighted by molar-refractivity contribution is 5.75. The molecule has 1 fully saturated rings. The van der Waals surface area contributed by atoms with E-state index in [2.05, 4.69) is 17.9 Å². The number of allylic oxidation sites excluding steroid dienone is 2. The van der Waals surface area contributed by atoms with Crippen molar-refractivity contribution in [1.82, 2.24) is 0 Å². The zero-order valence-corrected chi connectivity index (χ0v) is 8.54. The SMILES string of the molecule is CCCCC/C=C\C1CC1C(=O)OF. The van der Waals surface area contributed by atoms with Crippen molar-refractivity contribution in [2.45, 2.75) is 39.0 Å². The van der Waals surface area contributed by atoms with Crippen LogP contribution in [0.2, 0.25) is 0 Å². The highest BCUT2D eigenvalue weighted by Gasteiger charge is 2.43. The van der Waals surface area contributed by atoms with Crippen molar-refractivity contribution in [2.75, 3.05) is 0 Å². The Labute approximate surface area is 84.0 Å². The predicted molar refractivity (Wildman–Crippen MR) is 52.1 cm³/mol. The van der Waals surface area contributed by atoms with Crippen LogP contribution in [-0.4, -0.2) is 5.97 Å². The first-order valence-electron chi connectivity index (χ1n) is 5.28. The van der Waals surface area contributed by atoms with E-state index in [4.69, 9.17) is 0 Å². The molecule has 3 heteroatoms. The molecule has 0 spiro atoms. The molecule has 0 N–H and O–H groups in total. The lowest BCUT2D eigenvalue weighted by molar-refractivity contribution is -0.185. The van der Waals surface area contributed by atoms with Gasteiger partial charge in [0.1, 0.15) is 0 Å². The summed E-state index contributed by atoms with van der Waals surface area (Å²) in [7, 11) is 0. The molecular formula is C11H17FO2. The second-order valence-corrected chi connectivity index (χ2v) is 3.83. The van der Waals surface area contributed by atoms with Gasteiger partial charge < -0.3 is 0 Å². The van der Waals surface area contributed by atoms with Crippen LogP contribution in [0.1, 0.15) is 39.0 Å². The maximum Gasteiger partial charge on any atom is 0.352 e. The van der Waals surface area contributed by atoms with Gasteiger partial charge in [-0.1, -0.05) is 31.9 Å². The minimum atomic E-state index is -0.715. The summed E-state index contributed by atoms with van der Waals surface area (Å²) in [5, 5.41) is 0. The summed E-state index contributed by atoms with van der Waals surface area (Å²) in [5.74, 6) is -0.712. The maximum atomic E-state index is 11.5. The Morgan fingerprint density at radius 2 is 2.36 bits per heavy atom. The molecule has 1 aliphatic rings. The van der Waals surface area contributed by atoms with E-state index in [0.717, 1.165) is 12.8 Å². The standard InChI is InChI=1S/C11H17FO2/c1-2-3-4-5-6-7-9-8-10(9)11(13)14-12/h6-7,9-10H,2-5,8H2,1H3/b7-6-. The first kappa shape index (κ1) is 11.2. The fraction of sp³-hybridized carbons (Fsp3) is 0.727. The molecule has 1 rings (SSSR count). The van der Waals surface area contributed by atoms with E-state index in [1.807, 2.05) is 6.08 Å². The van der Waals surface area contributed by atoms with Crippen molar-refractivity contribution in [3.05, 3.63) is 12.2 Å². The van der Waals surface area contributed by atoms with Crippen molar-refractivity contribution >= 4 is 5.97 Å². The molecule has 0 aliphatic heterocycles. The summed E-state index contributed by atoms with van der Waals surface area (Å²) in [6.45, 7) is 2.16. The van der Waals surface area contributed by atoms with Gasteiger partial charge >= 0.3 is 5.97 Å². The summed E-state index contributed by atoms with van der Waals surface area (Å²) < 4.78 is 11.5. The first-order valence-corrected chi connectivity index (χ1v) is 5.28. The molecule has 0 aromatic carbocycles. The Bertz CT molecular complexity index is 213. The predicted octanol–water partition coefficient (Wildman–Crippen LogP) is 3.19. The summed E-state index contributed by atoms with van der Waals surface area (Å²) in [4.78, 5) is 13.9. The minimum absolute atomic E-state index is 0.220. The molecule has 0 aromatic rings. The largest absolute Gasteiger partial charge is 0.352 e. The van der Waals surface area contributed by atoms with Gasteiger partial charge in [0.25, 0.3) is 0 Å². The second kappa shape index (κ2) is 5.78. The summed E-state index contributed by atoms with van der Waals surface area (Å²) >= 11 is 0. The minimum Gasteiger partial charge on any atom is -0.255 e. The molecule has 80 valence electrons. The molecule has 2 atom stereocenters. The zero-order chi connectivity index (χ0) is 10.4. The molecule has 0 heterocycles. The van der Waals surface area contributed by atoms with E-state index < -0.39 is 5.97 Å². The van der Waals surface area contributed by atoms with E-state index in [1.54, 1.807) is 0 Å².